The topological polar surface area (TPSA) is 81.1 Å². The van der Waals surface area contributed by atoms with Crippen molar-refractivity contribution in [1.82, 2.24) is 25.4 Å². The molecule has 0 aliphatic carbocycles. The Bertz CT molecular complexity index is 951. The van der Waals surface area contributed by atoms with E-state index in [1.165, 1.54) is 0 Å². The van der Waals surface area contributed by atoms with Gasteiger partial charge in [0.2, 0.25) is 0 Å². The first kappa shape index (κ1) is 19.1. The van der Waals surface area contributed by atoms with Gasteiger partial charge in [-0.3, -0.25) is 14.5 Å². The Morgan fingerprint density at radius 1 is 1.24 bits per heavy atom. The number of nitrogens with zero attached hydrogens (tertiary/aromatic N) is 3. The van der Waals surface area contributed by atoms with Crippen LogP contribution in [0.4, 0.5) is 0 Å². The van der Waals surface area contributed by atoms with Crippen LogP contribution >= 0.6 is 0 Å². The molecule has 0 bridgehead atoms. The van der Waals surface area contributed by atoms with Crippen LogP contribution in [0.5, 0.6) is 5.75 Å². The van der Waals surface area contributed by atoms with Gasteiger partial charge in [0.25, 0.3) is 5.91 Å². The Labute approximate surface area is 170 Å². The van der Waals surface area contributed by atoms with E-state index >= 15 is 0 Å². The van der Waals surface area contributed by atoms with Crippen molar-refractivity contribution in [1.29, 1.82) is 0 Å². The number of hydrogen-bond donors (Lipinski definition) is 2. The summed E-state index contributed by atoms with van der Waals surface area (Å²) in [6, 6.07) is 14.9. The van der Waals surface area contributed by atoms with Crippen molar-refractivity contribution in [2.24, 2.45) is 0 Å². The van der Waals surface area contributed by atoms with Crippen LogP contribution in [0.15, 0.2) is 60.9 Å². The summed E-state index contributed by atoms with van der Waals surface area (Å²) in [7, 11) is 1.62. The Balaban J connectivity index is 1.59. The zero-order valence-electron chi connectivity index (χ0n) is 16.4. The number of pyridine rings is 1. The SMILES string of the molecule is COc1ccccc1C(NC(=O)c1ccn(C2CCCNC2)n1)c1ccccn1. The van der Waals surface area contributed by atoms with Crippen LogP contribution in [-0.4, -0.2) is 40.9 Å². The normalized spacial score (nSPS) is 17.5. The molecule has 0 saturated carbocycles. The maximum absolute atomic E-state index is 13.0. The van der Waals surface area contributed by atoms with E-state index in [1.54, 1.807) is 19.4 Å². The summed E-state index contributed by atoms with van der Waals surface area (Å²) in [5, 5.41) is 11.0. The predicted molar refractivity (Wildman–Crippen MR) is 110 cm³/mol. The molecule has 0 spiro atoms. The highest BCUT2D eigenvalue weighted by Crippen LogP contribution is 2.29. The molecule has 7 nitrogen and oxygen atoms in total. The second kappa shape index (κ2) is 8.87. The minimum atomic E-state index is -0.443. The van der Waals surface area contributed by atoms with E-state index in [-0.39, 0.29) is 11.9 Å². The Morgan fingerprint density at radius 3 is 2.86 bits per heavy atom. The van der Waals surface area contributed by atoms with E-state index in [2.05, 4.69) is 20.7 Å². The third-order valence-corrected chi connectivity index (χ3v) is 5.19. The molecule has 2 unspecified atom stereocenters. The zero-order chi connectivity index (χ0) is 20.1. The van der Waals surface area contributed by atoms with Crippen LogP contribution in [0.2, 0.25) is 0 Å². The summed E-state index contributed by atoms with van der Waals surface area (Å²) >= 11 is 0. The largest absolute Gasteiger partial charge is 0.496 e. The molecule has 0 radical (unpaired) electrons. The molecule has 150 valence electrons. The first-order chi connectivity index (χ1) is 14.3. The first-order valence-corrected chi connectivity index (χ1v) is 9.87. The zero-order valence-corrected chi connectivity index (χ0v) is 16.4. The molecule has 1 aliphatic heterocycles. The summed E-state index contributed by atoms with van der Waals surface area (Å²) in [5.74, 6) is 0.455. The standard InChI is InChI=1S/C22H25N5O2/c1-29-20-10-3-2-8-17(20)21(18-9-4-5-13-24-18)25-22(28)19-11-14-27(26-19)16-7-6-12-23-15-16/h2-5,8-11,13-14,16,21,23H,6-7,12,15H2,1H3,(H,25,28). The van der Waals surface area contributed by atoms with E-state index in [9.17, 15) is 4.79 Å². The van der Waals surface area contributed by atoms with Crippen molar-refractivity contribution in [3.8, 4) is 5.75 Å². The molecule has 7 heteroatoms. The van der Waals surface area contributed by atoms with Gasteiger partial charge < -0.3 is 15.4 Å². The lowest BCUT2D eigenvalue weighted by Crippen LogP contribution is -2.33. The Hall–Kier alpha value is -3.19. The van der Waals surface area contributed by atoms with Crippen LogP contribution < -0.4 is 15.4 Å². The van der Waals surface area contributed by atoms with Crippen LogP contribution in [0, 0.1) is 0 Å². The van der Waals surface area contributed by atoms with Crippen molar-refractivity contribution in [2.45, 2.75) is 24.9 Å². The second-order valence-corrected chi connectivity index (χ2v) is 7.08. The van der Waals surface area contributed by atoms with Gasteiger partial charge in [-0.1, -0.05) is 24.3 Å². The number of rotatable bonds is 6. The van der Waals surface area contributed by atoms with Crippen LogP contribution in [-0.2, 0) is 0 Å². The lowest BCUT2D eigenvalue weighted by atomic mass is 10.0. The van der Waals surface area contributed by atoms with Gasteiger partial charge in [0, 0.05) is 24.5 Å². The van der Waals surface area contributed by atoms with Gasteiger partial charge in [-0.2, -0.15) is 5.10 Å². The lowest BCUT2D eigenvalue weighted by Gasteiger charge is -2.23. The number of ether oxygens (including phenoxy) is 1. The van der Waals surface area contributed by atoms with Gasteiger partial charge in [0.15, 0.2) is 0 Å². The maximum Gasteiger partial charge on any atom is 0.272 e. The lowest BCUT2D eigenvalue weighted by molar-refractivity contribution is 0.0935. The summed E-state index contributed by atoms with van der Waals surface area (Å²) in [4.78, 5) is 17.5. The van der Waals surface area contributed by atoms with Crippen molar-refractivity contribution >= 4 is 5.91 Å². The van der Waals surface area contributed by atoms with E-state index in [1.807, 2.05) is 53.3 Å². The van der Waals surface area contributed by atoms with Crippen molar-refractivity contribution in [3.63, 3.8) is 0 Å². The highest BCUT2D eigenvalue weighted by molar-refractivity contribution is 5.92. The van der Waals surface area contributed by atoms with Crippen LogP contribution in [0.3, 0.4) is 0 Å². The smallest absolute Gasteiger partial charge is 0.272 e. The number of carbonyl (C=O) groups excluding carboxylic acids is 1. The molecule has 1 saturated heterocycles. The van der Waals surface area contributed by atoms with E-state index in [0.29, 0.717) is 11.4 Å². The average Bonchev–Trinajstić information content (AvgIpc) is 3.29. The van der Waals surface area contributed by atoms with Crippen molar-refractivity contribution in [2.75, 3.05) is 20.2 Å². The van der Waals surface area contributed by atoms with E-state index < -0.39 is 6.04 Å². The molecule has 2 N–H and O–H groups in total. The Morgan fingerprint density at radius 2 is 2.10 bits per heavy atom. The molecular formula is C22H25N5O2. The number of aromatic nitrogens is 3. The highest BCUT2D eigenvalue weighted by Gasteiger charge is 2.24. The highest BCUT2D eigenvalue weighted by atomic mass is 16.5. The van der Waals surface area contributed by atoms with Gasteiger partial charge in [-0.15, -0.1) is 0 Å². The molecule has 3 aromatic rings. The number of carbonyl (C=O) groups is 1. The molecule has 1 fully saturated rings. The summed E-state index contributed by atoms with van der Waals surface area (Å²) < 4.78 is 7.40. The molecule has 1 aromatic carbocycles. The van der Waals surface area contributed by atoms with Gasteiger partial charge in [0.05, 0.1) is 18.8 Å². The minimum Gasteiger partial charge on any atom is -0.496 e. The average molecular weight is 391 g/mol. The number of piperidine rings is 1. The molecule has 1 aliphatic rings. The fraction of sp³-hybridized carbons (Fsp3) is 0.318. The van der Waals surface area contributed by atoms with Gasteiger partial charge in [0.1, 0.15) is 17.5 Å². The fourth-order valence-corrected chi connectivity index (χ4v) is 3.69. The summed E-state index contributed by atoms with van der Waals surface area (Å²) in [5.41, 5.74) is 1.98. The third kappa shape index (κ3) is 4.30. The van der Waals surface area contributed by atoms with Crippen LogP contribution in [0.1, 0.15) is 46.7 Å². The fourth-order valence-electron chi connectivity index (χ4n) is 3.69. The predicted octanol–water partition coefficient (Wildman–Crippen LogP) is 2.73. The number of nitrogens with one attached hydrogen (secondary N) is 2. The van der Waals surface area contributed by atoms with Crippen molar-refractivity contribution < 1.29 is 9.53 Å². The van der Waals surface area contributed by atoms with Crippen molar-refractivity contribution in [3.05, 3.63) is 77.9 Å². The summed E-state index contributed by atoms with van der Waals surface area (Å²) in [6.07, 6.45) is 5.77. The number of benzene rings is 1. The van der Waals surface area contributed by atoms with E-state index in [4.69, 9.17) is 4.74 Å². The molecule has 2 aromatic heterocycles. The van der Waals surface area contributed by atoms with E-state index in [0.717, 1.165) is 37.2 Å². The quantitative estimate of drug-likeness (QED) is 0.675. The Kier molecular flexibility index (Phi) is 5.86. The van der Waals surface area contributed by atoms with Gasteiger partial charge >= 0.3 is 0 Å². The second-order valence-electron chi connectivity index (χ2n) is 7.08. The number of para-hydroxylation sites is 1. The molecular weight excluding hydrogens is 366 g/mol. The molecule has 4 rings (SSSR count). The number of hydrogen-bond acceptors (Lipinski definition) is 5. The number of methoxy groups -OCH3 is 1. The van der Waals surface area contributed by atoms with Gasteiger partial charge in [-0.05, 0) is 43.7 Å². The molecule has 29 heavy (non-hydrogen) atoms. The number of amides is 1. The van der Waals surface area contributed by atoms with Crippen LogP contribution in [0.25, 0.3) is 0 Å². The van der Waals surface area contributed by atoms with Gasteiger partial charge in [-0.25, -0.2) is 0 Å². The molecule has 1 amide bonds. The maximum atomic E-state index is 13.0. The monoisotopic (exact) mass is 391 g/mol. The minimum absolute atomic E-state index is 0.242. The summed E-state index contributed by atoms with van der Waals surface area (Å²) in [6.45, 7) is 1.91. The first-order valence-electron chi connectivity index (χ1n) is 9.87. The third-order valence-electron chi connectivity index (χ3n) is 5.19. The molecule has 2 atom stereocenters. The molecule has 3 heterocycles.